The van der Waals surface area contributed by atoms with Gasteiger partial charge in [-0.25, -0.2) is 19.5 Å². The van der Waals surface area contributed by atoms with Crippen LogP contribution in [0.2, 0.25) is 5.15 Å². The number of anilines is 1. The molecule has 0 aliphatic rings. The first-order valence-electron chi connectivity index (χ1n) is 5.37. The Morgan fingerprint density at radius 1 is 1.37 bits per heavy atom. The van der Waals surface area contributed by atoms with Gasteiger partial charge >= 0.3 is 0 Å². The lowest BCUT2D eigenvalue weighted by Crippen LogP contribution is -1.94. The molecule has 0 spiro atoms. The molecule has 0 aromatic carbocycles. The third-order valence-electron chi connectivity index (χ3n) is 2.54. The van der Waals surface area contributed by atoms with E-state index in [0.717, 1.165) is 0 Å². The summed E-state index contributed by atoms with van der Waals surface area (Å²) in [7, 11) is 0. The third kappa shape index (κ3) is 2.11. The van der Waals surface area contributed by atoms with Crippen LogP contribution in [0.4, 0.5) is 5.82 Å². The predicted molar refractivity (Wildman–Crippen MR) is 75.2 cm³/mol. The fourth-order valence-electron chi connectivity index (χ4n) is 1.77. The summed E-state index contributed by atoms with van der Waals surface area (Å²) in [5, 5.41) is 5.14. The minimum absolute atomic E-state index is 0.362. The quantitative estimate of drug-likeness (QED) is 0.443. The van der Waals surface area contributed by atoms with Crippen LogP contribution in [-0.2, 0) is 0 Å². The minimum Gasteiger partial charge on any atom is -0.382 e. The van der Waals surface area contributed by atoms with Crippen molar-refractivity contribution < 1.29 is 0 Å². The number of aromatic nitrogens is 5. The molecule has 0 unspecified atom stereocenters. The second-order valence-electron chi connectivity index (χ2n) is 3.71. The molecule has 0 saturated heterocycles. The molecule has 3 aromatic rings. The highest BCUT2D eigenvalue weighted by molar-refractivity contribution is 7.98. The summed E-state index contributed by atoms with van der Waals surface area (Å²) < 4.78 is 1.61. The second kappa shape index (κ2) is 4.67. The van der Waals surface area contributed by atoms with Crippen molar-refractivity contribution >= 4 is 34.8 Å². The van der Waals surface area contributed by atoms with Crippen LogP contribution in [0.3, 0.4) is 0 Å². The molecule has 0 fully saturated rings. The number of hydrogen-bond donors (Lipinski definition) is 1. The molecular weight excluding hydrogens is 284 g/mol. The second-order valence-corrected chi connectivity index (χ2v) is 4.87. The highest BCUT2D eigenvalue weighted by Gasteiger charge is 2.16. The van der Waals surface area contributed by atoms with Gasteiger partial charge < -0.3 is 5.73 Å². The number of hydrogen-bond acceptors (Lipinski definition) is 6. The number of thioether (sulfide) groups is 1. The Kier molecular flexibility index (Phi) is 3.00. The van der Waals surface area contributed by atoms with Gasteiger partial charge in [0.15, 0.2) is 16.6 Å². The molecule has 3 heterocycles. The fourth-order valence-corrected chi connectivity index (χ4v) is 2.38. The average molecular weight is 293 g/mol. The van der Waals surface area contributed by atoms with E-state index in [0.29, 0.717) is 33.0 Å². The Bertz CT molecular complexity index is 756. The maximum Gasteiger partial charge on any atom is 0.189 e. The van der Waals surface area contributed by atoms with Gasteiger partial charge in [0.1, 0.15) is 5.15 Å². The molecule has 0 saturated carbocycles. The van der Waals surface area contributed by atoms with E-state index in [1.165, 1.54) is 11.8 Å². The van der Waals surface area contributed by atoms with Gasteiger partial charge in [-0.2, -0.15) is 0 Å². The average Bonchev–Trinajstić information content (AvgIpc) is 2.73. The summed E-state index contributed by atoms with van der Waals surface area (Å²) in [6.07, 6.45) is 5.34. The Balaban J connectivity index is 2.29. The summed E-state index contributed by atoms with van der Waals surface area (Å²) >= 11 is 7.41. The molecule has 3 aromatic heterocycles. The van der Waals surface area contributed by atoms with Gasteiger partial charge in [-0.05, 0) is 12.3 Å². The van der Waals surface area contributed by atoms with Gasteiger partial charge in [0, 0.05) is 18.5 Å². The van der Waals surface area contributed by atoms with Crippen molar-refractivity contribution in [1.82, 2.24) is 24.6 Å². The number of fused-ring (bicyclic) bond motifs is 1. The zero-order valence-electron chi connectivity index (χ0n) is 9.91. The van der Waals surface area contributed by atoms with Crippen molar-refractivity contribution in [3.05, 3.63) is 29.7 Å². The first-order valence-corrected chi connectivity index (χ1v) is 6.97. The van der Waals surface area contributed by atoms with E-state index < -0.39 is 0 Å². The van der Waals surface area contributed by atoms with E-state index >= 15 is 0 Å². The molecule has 19 heavy (non-hydrogen) atoms. The van der Waals surface area contributed by atoms with Gasteiger partial charge in [-0.1, -0.05) is 23.4 Å². The number of nitrogens with two attached hydrogens (primary N) is 1. The lowest BCUT2D eigenvalue weighted by atomic mass is 10.2. The zero-order valence-corrected chi connectivity index (χ0v) is 11.5. The Labute approximate surface area is 118 Å². The maximum absolute atomic E-state index is 6.00. The van der Waals surface area contributed by atoms with Crippen molar-refractivity contribution in [3.63, 3.8) is 0 Å². The highest BCUT2D eigenvalue weighted by atomic mass is 35.5. The first-order chi connectivity index (χ1) is 9.19. The SMILES string of the molecule is CSc1nc(Cl)cc(-c2c(N)nn3cccnc23)n1. The first kappa shape index (κ1) is 12.2. The van der Waals surface area contributed by atoms with E-state index in [1.807, 2.05) is 6.26 Å². The topological polar surface area (TPSA) is 82.0 Å². The molecule has 6 nitrogen and oxygen atoms in total. The summed E-state index contributed by atoms with van der Waals surface area (Å²) in [6, 6.07) is 3.44. The van der Waals surface area contributed by atoms with Crippen molar-refractivity contribution in [1.29, 1.82) is 0 Å². The van der Waals surface area contributed by atoms with E-state index in [1.54, 1.807) is 29.0 Å². The zero-order chi connectivity index (χ0) is 13.4. The molecule has 0 amide bonds. The van der Waals surface area contributed by atoms with E-state index in [-0.39, 0.29) is 0 Å². The fraction of sp³-hybridized carbons (Fsp3) is 0.0909. The van der Waals surface area contributed by atoms with Gasteiger partial charge in [0.25, 0.3) is 0 Å². The predicted octanol–water partition coefficient (Wildman–Crippen LogP) is 2.14. The lowest BCUT2D eigenvalue weighted by molar-refractivity contribution is 0.945. The van der Waals surface area contributed by atoms with Gasteiger partial charge in [0.2, 0.25) is 0 Å². The normalized spacial score (nSPS) is 11.1. The Morgan fingerprint density at radius 3 is 3.00 bits per heavy atom. The molecule has 0 atom stereocenters. The molecule has 0 radical (unpaired) electrons. The molecule has 2 N–H and O–H groups in total. The molecule has 0 aliphatic heterocycles. The Morgan fingerprint density at radius 2 is 2.21 bits per heavy atom. The van der Waals surface area contributed by atoms with Crippen LogP contribution >= 0.6 is 23.4 Å². The largest absolute Gasteiger partial charge is 0.382 e. The third-order valence-corrected chi connectivity index (χ3v) is 3.28. The van der Waals surface area contributed by atoms with Crippen LogP contribution in [0.15, 0.2) is 29.7 Å². The minimum atomic E-state index is 0.362. The smallest absolute Gasteiger partial charge is 0.189 e. The molecule has 96 valence electrons. The molecule has 0 bridgehead atoms. The van der Waals surface area contributed by atoms with E-state index in [4.69, 9.17) is 17.3 Å². The van der Waals surface area contributed by atoms with Crippen LogP contribution in [-0.4, -0.2) is 30.8 Å². The van der Waals surface area contributed by atoms with Crippen LogP contribution in [0.1, 0.15) is 0 Å². The summed E-state index contributed by atoms with van der Waals surface area (Å²) in [5.41, 5.74) is 7.87. The van der Waals surface area contributed by atoms with Crippen molar-refractivity contribution in [2.24, 2.45) is 0 Å². The Hall–Kier alpha value is -1.86. The van der Waals surface area contributed by atoms with Crippen molar-refractivity contribution in [2.75, 3.05) is 12.0 Å². The van der Waals surface area contributed by atoms with Crippen molar-refractivity contribution in [3.8, 4) is 11.3 Å². The maximum atomic E-state index is 6.00. The number of rotatable bonds is 2. The molecule has 3 rings (SSSR count). The van der Waals surface area contributed by atoms with Crippen LogP contribution < -0.4 is 5.73 Å². The van der Waals surface area contributed by atoms with Crippen LogP contribution in [0.25, 0.3) is 16.9 Å². The van der Waals surface area contributed by atoms with Crippen molar-refractivity contribution in [2.45, 2.75) is 5.16 Å². The highest BCUT2D eigenvalue weighted by Crippen LogP contribution is 2.29. The van der Waals surface area contributed by atoms with Gasteiger partial charge in [-0.15, -0.1) is 5.10 Å². The summed E-state index contributed by atoms with van der Waals surface area (Å²) in [5.74, 6) is 0.362. The van der Waals surface area contributed by atoms with Gasteiger partial charge in [-0.3, -0.25) is 0 Å². The van der Waals surface area contributed by atoms with E-state index in [2.05, 4.69) is 20.1 Å². The van der Waals surface area contributed by atoms with E-state index in [9.17, 15) is 0 Å². The standard InChI is InChI=1S/C11H9ClN6S/c1-19-11-15-6(5-7(12)16-11)8-9(13)17-18-4-2-3-14-10(8)18/h2-5H,1H3,(H2,13,17). The molecular formula is C11H9ClN6S. The molecule has 8 heteroatoms. The van der Waals surface area contributed by atoms with Gasteiger partial charge in [0.05, 0.1) is 11.3 Å². The van der Waals surface area contributed by atoms with Crippen LogP contribution in [0.5, 0.6) is 0 Å². The number of nitrogens with zero attached hydrogens (tertiary/aromatic N) is 5. The lowest BCUT2D eigenvalue weighted by Gasteiger charge is -2.02. The summed E-state index contributed by atoms with van der Waals surface area (Å²) in [4.78, 5) is 12.8. The molecule has 0 aliphatic carbocycles. The monoisotopic (exact) mass is 292 g/mol. The van der Waals surface area contributed by atoms with Crippen LogP contribution in [0, 0.1) is 0 Å². The number of halogens is 1. The number of nitrogen functional groups attached to an aromatic ring is 1. The summed E-state index contributed by atoms with van der Waals surface area (Å²) in [6.45, 7) is 0.